The second-order valence-electron chi connectivity index (χ2n) is 8.32. The molecule has 1 unspecified atom stereocenters. The Kier molecular flexibility index (Phi) is 5.00. The smallest absolute Gasteiger partial charge is 0.0473 e. The van der Waals surface area contributed by atoms with Gasteiger partial charge in [-0.1, -0.05) is 54.1 Å². The van der Waals surface area contributed by atoms with Gasteiger partial charge in [-0.2, -0.15) is 0 Å². The van der Waals surface area contributed by atoms with Crippen molar-refractivity contribution in [3.63, 3.8) is 0 Å². The molecular formula is C25H27ClN2. The molecule has 2 aromatic carbocycles. The minimum atomic E-state index is 0.793. The summed E-state index contributed by atoms with van der Waals surface area (Å²) in [6.45, 7) is 3.49. The predicted molar refractivity (Wildman–Crippen MR) is 119 cm³/mol. The van der Waals surface area contributed by atoms with Crippen molar-refractivity contribution >= 4 is 28.1 Å². The van der Waals surface area contributed by atoms with Crippen molar-refractivity contribution in [2.45, 2.75) is 32.1 Å². The summed E-state index contributed by atoms with van der Waals surface area (Å²) in [5, 5.41) is 2.19. The Morgan fingerprint density at radius 2 is 1.96 bits per heavy atom. The van der Waals surface area contributed by atoms with Gasteiger partial charge in [0, 0.05) is 34.7 Å². The van der Waals surface area contributed by atoms with E-state index < -0.39 is 0 Å². The zero-order valence-electron chi connectivity index (χ0n) is 16.3. The van der Waals surface area contributed by atoms with Crippen molar-refractivity contribution in [3.05, 3.63) is 76.5 Å². The Morgan fingerprint density at radius 3 is 2.79 bits per heavy atom. The lowest BCUT2D eigenvalue weighted by atomic mass is 9.84. The maximum absolute atomic E-state index is 6.17. The summed E-state index contributed by atoms with van der Waals surface area (Å²) in [5.74, 6) is 0.793. The van der Waals surface area contributed by atoms with Crippen LogP contribution in [0.1, 0.15) is 36.1 Å². The van der Waals surface area contributed by atoms with E-state index in [1.165, 1.54) is 78.5 Å². The number of nitrogens with zero attached hydrogens (tertiary/aromatic N) is 1. The normalized spacial score (nSPS) is 20.2. The second kappa shape index (κ2) is 7.77. The number of aromatic amines is 1. The average molecular weight is 391 g/mol. The number of hydrogen-bond acceptors (Lipinski definition) is 1. The molecule has 1 aliphatic heterocycles. The molecule has 5 rings (SSSR count). The third-order valence-electron chi connectivity index (χ3n) is 6.54. The van der Waals surface area contributed by atoms with E-state index in [2.05, 4.69) is 58.4 Å². The van der Waals surface area contributed by atoms with Crippen molar-refractivity contribution in [1.82, 2.24) is 9.88 Å². The summed E-state index contributed by atoms with van der Waals surface area (Å²) in [7, 11) is 0. The topological polar surface area (TPSA) is 19.0 Å². The Hall–Kier alpha value is -2.03. The van der Waals surface area contributed by atoms with Gasteiger partial charge in [0.1, 0.15) is 0 Å². The molecule has 3 heteroatoms. The van der Waals surface area contributed by atoms with E-state index >= 15 is 0 Å². The molecule has 0 radical (unpaired) electrons. The molecule has 1 aromatic heterocycles. The van der Waals surface area contributed by atoms with Gasteiger partial charge in [-0.25, -0.2) is 0 Å². The molecule has 1 atom stereocenters. The maximum Gasteiger partial charge on any atom is 0.0473 e. The van der Waals surface area contributed by atoms with Gasteiger partial charge in [-0.05, 0) is 73.4 Å². The van der Waals surface area contributed by atoms with E-state index in [1.54, 1.807) is 0 Å². The SMILES string of the molecule is Clc1ccc2c3c([nH]c2c1)CCC(CCN1CC=C(c2ccccc2)CC1)C3. The van der Waals surface area contributed by atoms with Crippen molar-refractivity contribution in [1.29, 1.82) is 0 Å². The van der Waals surface area contributed by atoms with Crippen LogP contribution in [0.25, 0.3) is 16.5 Å². The van der Waals surface area contributed by atoms with Crippen LogP contribution in [0.5, 0.6) is 0 Å². The number of halogens is 1. The first-order valence-corrected chi connectivity index (χ1v) is 10.9. The number of hydrogen-bond donors (Lipinski definition) is 1. The lowest BCUT2D eigenvalue weighted by Crippen LogP contribution is -2.31. The molecule has 1 aliphatic carbocycles. The van der Waals surface area contributed by atoms with Crippen LogP contribution < -0.4 is 0 Å². The molecule has 144 valence electrons. The zero-order chi connectivity index (χ0) is 18.9. The molecule has 2 heterocycles. The number of aryl methyl sites for hydroxylation is 1. The van der Waals surface area contributed by atoms with E-state index in [4.69, 9.17) is 11.6 Å². The minimum absolute atomic E-state index is 0.793. The van der Waals surface area contributed by atoms with Gasteiger partial charge in [0.15, 0.2) is 0 Å². The van der Waals surface area contributed by atoms with E-state index in [0.29, 0.717) is 0 Å². The third kappa shape index (κ3) is 3.64. The van der Waals surface area contributed by atoms with Gasteiger partial charge in [0.25, 0.3) is 0 Å². The molecule has 0 fully saturated rings. The standard InChI is InChI=1S/C25H27ClN2/c26-21-7-8-22-23-16-18(6-9-24(23)27-25(22)17-21)10-13-28-14-11-20(12-15-28)19-4-2-1-3-5-19/h1-5,7-8,11,17-18,27H,6,9-10,12-16H2. The fourth-order valence-electron chi connectivity index (χ4n) is 4.91. The summed E-state index contributed by atoms with van der Waals surface area (Å²) >= 11 is 6.17. The van der Waals surface area contributed by atoms with Gasteiger partial charge < -0.3 is 4.98 Å². The average Bonchev–Trinajstić information content (AvgIpc) is 3.10. The van der Waals surface area contributed by atoms with Gasteiger partial charge in [0.2, 0.25) is 0 Å². The highest BCUT2D eigenvalue weighted by atomic mass is 35.5. The highest BCUT2D eigenvalue weighted by molar-refractivity contribution is 6.31. The Labute approximate surface area is 172 Å². The lowest BCUT2D eigenvalue weighted by molar-refractivity contribution is 0.265. The van der Waals surface area contributed by atoms with Crippen LogP contribution in [-0.4, -0.2) is 29.5 Å². The number of fused-ring (bicyclic) bond motifs is 3. The number of aromatic nitrogens is 1. The Balaban J connectivity index is 1.20. The van der Waals surface area contributed by atoms with Gasteiger partial charge in [-0.15, -0.1) is 0 Å². The summed E-state index contributed by atoms with van der Waals surface area (Å²) in [5.41, 5.74) is 7.07. The van der Waals surface area contributed by atoms with Crippen LogP contribution in [-0.2, 0) is 12.8 Å². The monoisotopic (exact) mass is 390 g/mol. The molecule has 28 heavy (non-hydrogen) atoms. The van der Waals surface area contributed by atoms with Crippen molar-refractivity contribution in [3.8, 4) is 0 Å². The fourth-order valence-corrected chi connectivity index (χ4v) is 5.08. The first-order valence-electron chi connectivity index (χ1n) is 10.5. The van der Waals surface area contributed by atoms with Crippen LogP contribution in [0, 0.1) is 5.92 Å². The van der Waals surface area contributed by atoms with Crippen molar-refractivity contribution in [2.75, 3.05) is 19.6 Å². The van der Waals surface area contributed by atoms with Gasteiger partial charge >= 0.3 is 0 Å². The minimum Gasteiger partial charge on any atom is -0.358 e. The van der Waals surface area contributed by atoms with E-state index in [9.17, 15) is 0 Å². The van der Waals surface area contributed by atoms with Gasteiger partial charge in [-0.3, -0.25) is 4.90 Å². The highest BCUT2D eigenvalue weighted by Crippen LogP contribution is 2.34. The Bertz CT molecular complexity index is 1000. The van der Waals surface area contributed by atoms with Crippen LogP contribution in [0.4, 0.5) is 0 Å². The second-order valence-corrected chi connectivity index (χ2v) is 8.75. The highest BCUT2D eigenvalue weighted by Gasteiger charge is 2.23. The zero-order valence-corrected chi connectivity index (χ0v) is 17.0. The summed E-state index contributed by atoms with van der Waals surface area (Å²) in [6, 6.07) is 17.1. The molecule has 2 nitrogen and oxygen atoms in total. The van der Waals surface area contributed by atoms with Crippen molar-refractivity contribution < 1.29 is 0 Å². The quantitative estimate of drug-likeness (QED) is 0.569. The molecule has 0 spiro atoms. The number of benzene rings is 2. The number of rotatable bonds is 4. The first-order chi connectivity index (χ1) is 13.8. The first kappa shape index (κ1) is 18.0. The van der Waals surface area contributed by atoms with Crippen LogP contribution in [0.2, 0.25) is 5.02 Å². The lowest BCUT2D eigenvalue weighted by Gasteiger charge is -2.29. The fraction of sp³-hybridized carbons (Fsp3) is 0.360. The van der Waals surface area contributed by atoms with E-state index in [0.717, 1.165) is 17.5 Å². The van der Waals surface area contributed by atoms with Crippen molar-refractivity contribution in [2.24, 2.45) is 5.92 Å². The predicted octanol–water partition coefficient (Wildman–Crippen LogP) is 6.11. The van der Waals surface area contributed by atoms with Crippen LogP contribution >= 0.6 is 11.6 Å². The maximum atomic E-state index is 6.17. The van der Waals surface area contributed by atoms with E-state index in [1.807, 2.05) is 6.07 Å². The summed E-state index contributed by atoms with van der Waals surface area (Å²) in [6.07, 6.45) is 8.57. The summed E-state index contributed by atoms with van der Waals surface area (Å²) < 4.78 is 0. The molecular weight excluding hydrogens is 364 g/mol. The molecule has 0 saturated carbocycles. The number of nitrogens with one attached hydrogen (secondary N) is 1. The largest absolute Gasteiger partial charge is 0.358 e. The van der Waals surface area contributed by atoms with Crippen LogP contribution in [0.15, 0.2) is 54.6 Å². The molecule has 0 amide bonds. The molecule has 0 saturated heterocycles. The van der Waals surface area contributed by atoms with Crippen LogP contribution in [0.3, 0.4) is 0 Å². The number of H-pyrrole nitrogens is 1. The van der Waals surface area contributed by atoms with E-state index in [-0.39, 0.29) is 0 Å². The van der Waals surface area contributed by atoms with Gasteiger partial charge in [0.05, 0.1) is 0 Å². The third-order valence-corrected chi connectivity index (χ3v) is 6.78. The molecule has 3 aromatic rings. The summed E-state index contributed by atoms with van der Waals surface area (Å²) in [4.78, 5) is 6.22. The molecule has 2 aliphatic rings. The Morgan fingerprint density at radius 1 is 1.07 bits per heavy atom. The molecule has 1 N–H and O–H groups in total. The molecule has 0 bridgehead atoms.